The first kappa shape index (κ1) is 15.5. The van der Waals surface area contributed by atoms with Gasteiger partial charge >= 0.3 is 0 Å². The molecule has 0 saturated carbocycles. The van der Waals surface area contributed by atoms with E-state index in [1.165, 1.54) is 24.0 Å². The maximum Gasteiger partial charge on any atom is 0.139 e. The number of nitrogens with zero attached hydrogens (tertiary/aromatic N) is 1. The van der Waals surface area contributed by atoms with Crippen molar-refractivity contribution in [3.8, 4) is 0 Å². The number of hydrogen-bond donors (Lipinski definition) is 0. The van der Waals surface area contributed by atoms with E-state index in [-0.39, 0.29) is 0 Å². The molecule has 118 valence electrons. The summed E-state index contributed by atoms with van der Waals surface area (Å²) in [6, 6.07) is 12.0. The molecule has 0 spiro atoms. The summed E-state index contributed by atoms with van der Waals surface area (Å²) in [5.74, 6) is 0.748. The maximum atomic E-state index is 12.4. The summed E-state index contributed by atoms with van der Waals surface area (Å²) in [6.45, 7) is 5.18. The highest BCUT2D eigenvalue weighted by atomic mass is 16.1. The Balaban J connectivity index is 1.62. The Morgan fingerprint density at radius 1 is 1.14 bits per heavy atom. The Labute approximate surface area is 134 Å². The Bertz CT molecular complexity index is 530. The predicted octanol–water partition coefficient (Wildman–Crippen LogP) is 4.36. The van der Waals surface area contributed by atoms with Gasteiger partial charge in [-0.15, -0.1) is 0 Å². The summed E-state index contributed by atoms with van der Waals surface area (Å²) in [4.78, 5) is 15.1. The molecule has 0 aliphatic carbocycles. The number of fused-ring (bicyclic) bond motifs is 2. The molecule has 2 unspecified atom stereocenters. The van der Waals surface area contributed by atoms with Crippen LogP contribution in [0.25, 0.3) is 0 Å². The number of ketones is 1. The number of piperidine rings is 1. The molecule has 2 aliphatic heterocycles. The molecular weight excluding hydrogens is 270 g/mol. The van der Waals surface area contributed by atoms with E-state index < -0.39 is 0 Å². The summed E-state index contributed by atoms with van der Waals surface area (Å²) in [5, 5.41) is 0. The van der Waals surface area contributed by atoms with Crippen LogP contribution in [0.1, 0.15) is 51.5 Å². The van der Waals surface area contributed by atoms with Gasteiger partial charge in [0.15, 0.2) is 0 Å². The van der Waals surface area contributed by atoms with Gasteiger partial charge in [0.1, 0.15) is 5.78 Å². The molecule has 0 amide bonds. The number of carbonyl (C=O) groups excluding carboxylic acids is 1. The first-order valence-electron chi connectivity index (χ1n) is 8.59. The molecule has 2 fully saturated rings. The van der Waals surface area contributed by atoms with Gasteiger partial charge in [-0.25, -0.2) is 0 Å². The van der Waals surface area contributed by atoms with Crippen molar-refractivity contribution in [2.75, 3.05) is 0 Å². The quantitative estimate of drug-likeness (QED) is 0.753. The van der Waals surface area contributed by atoms with Crippen molar-refractivity contribution in [1.29, 1.82) is 0 Å². The van der Waals surface area contributed by atoms with Crippen LogP contribution >= 0.6 is 0 Å². The Kier molecular flexibility index (Phi) is 4.77. The van der Waals surface area contributed by atoms with Crippen molar-refractivity contribution in [3.63, 3.8) is 0 Å². The van der Waals surface area contributed by atoms with Crippen LogP contribution in [0.5, 0.6) is 0 Å². The monoisotopic (exact) mass is 297 g/mol. The zero-order valence-corrected chi connectivity index (χ0v) is 13.8. The van der Waals surface area contributed by atoms with Crippen LogP contribution < -0.4 is 0 Å². The minimum atomic E-state index is 0.292. The number of allylic oxidation sites excluding steroid dienone is 2. The molecule has 2 heterocycles. The van der Waals surface area contributed by atoms with E-state index in [0.717, 1.165) is 19.4 Å². The number of Topliss-reactive ketones (excluding diaryl/α,β-unsaturated/α-hetero) is 1. The SMILES string of the molecule is CC(C)=CCC(=O)C1CC2CCC(C1)N2Cc1ccccc1. The van der Waals surface area contributed by atoms with Gasteiger partial charge in [-0.1, -0.05) is 42.0 Å². The van der Waals surface area contributed by atoms with Crippen molar-refractivity contribution >= 4 is 5.78 Å². The molecule has 2 atom stereocenters. The van der Waals surface area contributed by atoms with Crippen LogP contribution in [0.15, 0.2) is 42.0 Å². The third kappa shape index (κ3) is 3.49. The van der Waals surface area contributed by atoms with E-state index in [4.69, 9.17) is 0 Å². The number of rotatable bonds is 5. The second kappa shape index (κ2) is 6.78. The van der Waals surface area contributed by atoms with Crippen molar-refractivity contribution in [3.05, 3.63) is 47.5 Å². The molecule has 0 aromatic heterocycles. The number of carbonyl (C=O) groups is 1. The molecule has 2 bridgehead atoms. The minimum absolute atomic E-state index is 0.292. The molecule has 3 rings (SSSR count). The van der Waals surface area contributed by atoms with E-state index in [1.54, 1.807) is 0 Å². The van der Waals surface area contributed by atoms with Crippen molar-refractivity contribution < 1.29 is 4.79 Å². The highest BCUT2D eigenvalue weighted by Crippen LogP contribution is 2.40. The summed E-state index contributed by atoms with van der Waals surface area (Å²) < 4.78 is 0. The summed E-state index contributed by atoms with van der Waals surface area (Å²) in [6.07, 6.45) is 7.39. The highest BCUT2D eigenvalue weighted by Gasteiger charge is 2.42. The second-order valence-electron chi connectivity index (χ2n) is 7.16. The lowest BCUT2D eigenvalue weighted by Gasteiger charge is -2.38. The lowest BCUT2D eigenvalue weighted by molar-refractivity contribution is -0.124. The second-order valence-corrected chi connectivity index (χ2v) is 7.16. The molecule has 2 aliphatic rings. The minimum Gasteiger partial charge on any atom is -0.299 e. The van der Waals surface area contributed by atoms with Crippen LogP contribution in [0, 0.1) is 5.92 Å². The topological polar surface area (TPSA) is 20.3 Å². The van der Waals surface area contributed by atoms with Crippen LogP contribution in [0.2, 0.25) is 0 Å². The summed E-state index contributed by atoms with van der Waals surface area (Å²) in [7, 11) is 0. The van der Waals surface area contributed by atoms with E-state index >= 15 is 0 Å². The third-order valence-corrected chi connectivity index (χ3v) is 5.26. The van der Waals surface area contributed by atoms with Crippen LogP contribution in [-0.4, -0.2) is 22.8 Å². The van der Waals surface area contributed by atoms with E-state index in [2.05, 4.69) is 55.2 Å². The Hall–Kier alpha value is -1.41. The average Bonchev–Trinajstić information content (AvgIpc) is 2.74. The van der Waals surface area contributed by atoms with Gasteiger partial charge in [-0.3, -0.25) is 9.69 Å². The van der Waals surface area contributed by atoms with Crippen molar-refractivity contribution in [2.45, 2.75) is 64.6 Å². The Morgan fingerprint density at radius 2 is 1.77 bits per heavy atom. The Morgan fingerprint density at radius 3 is 2.36 bits per heavy atom. The predicted molar refractivity (Wildman–Crippen MR) is 90.6 cm³/mol. The fraction of sp³-hybridized carbons (Fsp3) is 0.550. The molecule has 2 saturated heterocycles. The van der Waals surface area contributed by atoms with E-state index in [0.29, 0.717) is 30.2 Å². The highest BCUT2D eigenvalue weighted by molar-refractivity contribution is 5.82. The zero-order valence-electron chi connectivity index (χ0n) is 13.8. The molecule has 22 heavy (non-hydrogen) atoms. The van der Waals surface area contributed by atoms with Crippen LogP contribution in [-0.2, 0) is 11.3 Å². The molecule has 1 aromatic carbocycles. The normalized spacial score (nSPS) is 27.6. The van der Waals surface area contributed by atoms with E-state index in [1.807, 2.05) is 0 Å². The van der Waals surface area contributed by atoms with Gasteiger partial charge in [0.25, 0.3) is 0 Å². The lowest BCUT2D eigenvalue weighted by Crippen LogP contribution is -2.44. The molecular formula is C20H27NO. The molecule has 2 heteroatoms. The summed E-state index contributed by atoms with van der Waals surface area (Å²) >= 11 is 0. The van der Waals surface area contributed by atoms with Crippen LogP contribution in [0.3, 0.4) is 0 Å². The van der Waals surface area contributed by atoms with Gasteiger partial charge < -0.3 is 0 Å². The molecule has 0 radical (unpaired) electrons. The standard InChI is InChI=1S/C20H27NO/c1-15(2)8-11-20(22)17-12-18-9-10-19(13-17)21(18)14-16-6-4-3-5-7-16/h3-8,17-19H,9-14H2,1-2H3. The van der Waals surface area contributed by atoms with Crippen molar-refractivity contribution in [2.24, 2.45) is 5.92 Å². The number of hydrogen-bond acceptors (Lipinski definition) is 2. The molecule has 1 aromatic rings. The van der Waals surface area contributed by atoms with Gasteiger partial charge in [0.2, 0.25) is 0 Å². The van der Waals surface area contributed by atoms with Gasteiger partial charge in [-0.05, 0) is 45.1 Å². The fourth-order valence-electron chi connectivity index (χ4n) is 4.06. The van der Waals surface area contributed by atoms with Gasteiger partial charge in [0.05, 0.1) is 0 Å². The first-order valence-corrected chi connectivity index (χ1v) is 8.59. The first-order chi connectivity index (χ1) is 10.6. The zero-order chi connectivity index (χ0) is 15.5. The van der Waals surface area contributed by atoms with E-state index in [9.17, 15) is 4.79 Å². The smallest absolute Gasteiger partial charge is 0.139 e. The third-order valence-electron chi connectivity index (χ3n) is 5.26. The largest absolute Gasteiger partial charge is 0.299 e. The van der Waals surface area contributed by atoms with Crippen LogP contribution in [0.4, 0.5) is 0 Å². The van der Waals surface area contributed by atoms with Gasteiger partial charge in [-0.2, -0.15) is 0 Å². The molecule has 2 nitrogen and oxygen atoms in total. The average molecular weight is 297 g/mol. The maximum absolute atomic E-state index is 12.4. The lowest BCUT2D eigenvalue weighted by atomic mass is 9.85. The summed E-state index contributed by atoms with van der Waals surface area (Å²) in [5.41, 5.74) is 2.64. The van der Waals surface area contributed by atoms with Crippen molar-refractivity contribution in [1.82, 2.24) is 4.90 Å². The molecule has 0 N–H and O–H groups in total. The number of benzene rings is 1. The van der Waals surface area contributed by atoms with Gasteiger partial charge in [0, 0.05) is 31.0 Å². The fourth-order valence-corrected chi connectivity index (χ4v) is 4.06.